The van der Waals surface area contributed by atoms with Gasteiger partial charge in [0, 0.05) is 9.64 Å². The van der Waals surface area contributed by atoms with E-state index in [0.717, 1.165) is 9.64 Å². The summed E-state index contributed by atoms with van der Waals surface area (Å²) >= 11 is 8.20. The minimum atomic E-state index is -1.21. The number of hydroxylamine groups is 1. The smallest absolute Gasteiger partial charge is 0.315 e. The summed E-state index contributed by atoms with van der Waals surface area (Å²) in [5.41, 5.74) is -0.182. The Morgan fingerprint density at radius 1 is 1.20 bits per heavy atom. The van der Waals surface area contributed by atoms with E-state index in [1.165, 1.54) is 17.6 Å². The van der Waals surface area contributed by atoms with Gasteiger partial charge in [-0.1, -0.05) is 29.8 Å². The van der Waals surface area contributed by atoms with Crippen LogP contribution in [0.3, 0.4) is 0 Å². The number of nitrogens with one attached hydrogen (secondary N) is 2. The molecular weight excluding hydrogens is 532 g/mol. The first kappa shape index (κ1) is 21.7. The van der Waals surface area contributed by atoms with Crippen LogP contribution in [0.2, 0.25) is 5.02 Å². The summed E-state index contributed by atoms with van der Waals surface area (Å²) < 4.78 is 21.7. The predicted molar refractivity (Wildman–Crippen MR) is 116 cm³/mol. The fourth-order valence-corrected chi connectivity index (χ4v) is 3.45. The number of nitro groups is 1. The highest BCUT2D eigenvalue weighted by Crippen LogP contribution is 2.41. The summed E-state index contributed by atoms with van der Waals surface area (Å²) in [5.74, 6) is -2.92. The van der Waals surface area contributed by atoms with Gasteiger partial charge < -0.3 is 10.1 Å². The van der Waals surface area contributed by atoms with Crippen LogP contribution in [-0.2, 0) is 0 Å². The lowest BCUT2D eigenvalue weighted by Crippen LogP contribution is -2.21. The Labute approximate surface area is 187 Å². The summed E-state index contributed by atoms with van der Waals surface area (Å²) in [6.45, 7) is 0. The molecule has 0 atom stereocenters. The molecule has 0 aliphatic carbocycles. The molecule has 0 bridgehead atoms. The number of hydrogen-bond donors (Lipinski definition) is 3. The van der Waals surface area contributed by atoms with Gasteiger partial charge in [-0.15, -0.1) is 0 Å². The van der Waals surface area contributed by atoms with Crippen LogP contribution in [0, 0.1) is 19.5 Å². The summed E-state index contributed by atoms with van der Waals surface area (Å²) in [6.07, 6.45) is 0. The Morgan fingerprint density at radius 2 is 1.90 bits per heavy atom. The van der Waals surface area contributed by atoms with Gasteiger partial charge in [0.1, 0.15) is 5.75 Å². The van der Waals surface area contributed by atoms with Gasteiger partial charge in [0.25, 0.3) is 5.91 Å². The number of nitro benzene ring substituents is 1. The second-order valence-electron chi connectivity index (χ2n) is 5.82. The third kappa shape index (κ3) is 4.61. The van der Waals surface area contributed by atoms with Crippen LogP contribution in [-0.4, -0.2) is 16.0 Å². The number of rotatable bonds is 6. The van der Waals surface area contributed by atoms with Gasteiger partial charge in [-0.2, -0.15) is 0 Å². The molecule has 0 aromatic heterocycles. The van der Waals surface area contributed by atoms with Crippen LogP contribution in [0.25, 0.3) is 0 Å². The number of carbonyl (C=O) groups excluding carboxylic acids is 1. The Hall–Kier alpha value is -2.96. The lowest BCUT2D eigenvalue weighted by molar-refractivity contribution is -0.385. The van der Waals surface area contributed by atoms with E-state index in [-0.39, 0.29) is 16.5 Å². The average Bonchev–Trinajstić information content (AvgIpc) is 2.72. The van der Waals surface area contributed by atoms with Gasteiger partial charge in [0.15, 0.2) is 5.82 Å². The second kappa shape index (κ2) is 9.24. The lowest BCUT2D eigenvalue weighted by Gasteiger charge is -2.16. The van der Waals surface area contributed by atoms with Crippen LogP contribution in [0.1, 0.15) is 10.4 Å². The van der Waals surface area contributed by atoms with Crippen LogP contribution in [0.5, 0.6) is 11.5 Å². The van der Waals surface area contributed by atoms with Crippen molar-refractivity contribution >= 4 is 57.2 Å². The van der Waals surface area contributed by atoms with Crippen molar-refractivity contribution in [2.45, 2.75) is 0 Å². The van der Waals surface area contributed by atoms with Crippen molar-refractivity contribution in [1.29, 1.82) is 0 Å². The molecule has 3 aromatic carbocycles. The van der Waals surface area contributed by atoms with E-state index in [1.807, 2.05) is 22.6 Å². The maximum atomic E-state index is 15.4. The van der Waals surface area contributed by atoms with Crippen molar-refractivity contribution in [1.82, 2.24) is 5.48 Å². The molecule has 0 unspecified atom stereocenters. The first-order chi connectivity index (χ1) is 14.3. The van der Waals surface area contributed by atoms with E-state index in [1.54, 1.807) is 36.4 Å². The van der Waals surface area contributed by atoms with Crippen LogP contribution < -0.4 is 15.5 Å². The molecule has 3 rings (SSSR count). The number of ether oxygens (including phenoxy) is 1. The second-order valence-corrected chi connectivity index (χ2v) is 7.48. The van der Waals surface area contributed by atoms with Crippen molar-refractivity contribution in [3.05, 3.63) is 84.7 Å². The zero-order valence-electron chi connectivity index (χ0n) is 14.9. The number of para-hydroxylation sites is 1. The van der Waals surface area contributed by atoms with Crippen LogP contribution >= 0.6 is 34.2 Å². The lowest BCUT2D eigenvalue weighted by atomic mass is 10.1. The molecule has 1 amide bonds. The first-order valence-electron chi connectivity index (χ1n) is 8.22. The van der Waals surface area contributed by atoms with Gasteiger partial charge in [0.05, 0.1) is 26.9 Å². The summed E-state index contributed by atoms with van der Waals surface area (Å²) in [7, 11) is 0. The van der Waals surface area contributed by atoms with Crippen molar-refractivity contribution in [3.63, 3.8) is 0 Å². The van der Waals surface area contributed by atoms with Gasteiger partial charge in [-0.25, -0.2) is 9.87 Å². The maximum absolute atomic E-state index is 15.4. The van der Waals surface area contributed by atoms with Gasteiger partial charge in [-0.05, 0) is 52.9 Å². The number of benzene rings is 3. The molecule has 0 aliphatic heterocycles. The maximum Gasteiger partial charge on any atom is 0.315 e. The number of anilines is 2. The largest absolute Gasteiger partial charge is 0.447 e. The molecular formula is C19H12ClFIN3O5. The Morgan fingerprint density at radius 3 is 2.50 bits per heavy atom. The number of halogens is 3. The summed E-state index contributed by atoms with van der Waals surface area (Å²) in [4.78, 5) is 22.7. The number of carbonyl (C=O) groups is 1. The Kier molecular flexibility index (Phi) is 6.70. The van der Waals surface area contributed by atoms with E-state index in [0.29, 0.717) is 0 Å². The number of hydrogen-bond acceptors (Lipinski definition) is 6. The van der Waals surface area contributed by atoms with Gasteiger partial charge in [-0.3, -0.25) is 20.1 Å². The molecule has 3 aromatic rings. The third-order valence-corrected chi connectivity index (χ3v) is 4.88. The first-order valence-corrected chi connectivity index (χ1v) is 9.67. The third-order valence-electron chi connectivity index (χ3n) is 3.90. The van der Waals surface area contributed by atoms with Crippen molar-refractivity contribution < 1.29 is 24.1 Å². The monoisotopic (exact) mass is 543 g/mol. The number of nitrogens with zero attached hydrogens (tertiary/aromatic N) is 1. The van der Waals surface area contributed by atoms with Crippen LogP contribution in [0.15, 0.2) is 54.6 Å². The molecule has 0 radical (unpaired) electrons. The Balaban J connectivity index is 2.20. The van der Waals surface area contributed by atoms with Gasteiger partial charge in [0.2, 0.25) is 5.75 Å². The topological polar surface area (TPSA) is 114 Å². The quantitative estimate of drug-likeness (QED) is 0.160. The fourth-order valence-electron chi connectivity index (χ4n) is 2.54. The zero-order valence-corrected chi connectivity index (χ0v) is 17.8. The van der Waals surface area contributed by atoms with Crippen molar-refractivity contribution in [3.8, 4) is 11.5 Å². The SMILES string of the molecule is O=C(NO)c1cc([N+](=O)[O-])c(Oc2ccccc2)c(F)c1Nc1ccc(I)cc1Cl. The summed E-state index contributed by atoms with van der Waals surface area (Å²) in [6, 6.07) is 13.5. The van der Waals surface area contributed by atoms with Crippen molar-refractivity contribution in [2.75, 3.05) is 5.32 Å². The van der Waals surface area contributed by atoms with Crippen LogP contribution in [0.4, 0.5) is 21.5 Å². The standard InChI is InChI=1S/C19H12ClFIN3O5/c20-13-8-10(22)6-7-14(13)23-17-12(19(26)24-27)9-15(25(28)29)18(16(17)21)30-11-4-2-1-3-5-11/h1-9,23,27H,(H,24,26). The molecule has 0 saturated carbocycles. The molecule has 0 saturated heterocycles. The highest BCUT2D eigenvalue weighted by Gasteiger charge is 2.30. The van der Waals surface area contributed by atoms with E-state index >= 15 is 4.39 Å². The van der Waals surface area contributed by atoms with E-state index < -0.39 is 39.3 Å². The molecule has 0 fully saturated rings. The van der Waals surface area contributed by atoms with Crippen molar-refractivity contribution in [2.24, 2.45) is 0 Å². The predicted octanol–water partition coefficient (Wildman–Crippen LogP) is 5.65. The molecule has 11 heteroatoms. The zero-order chi connectivity index (χ0) is 21.8. The normalized spacial score (nSPS) is 10.4. The van der Waals surface area contributed by atoms with E-state index in [4.69, 9.17) is 21.5 Å². The number of amides is 1. The molecule has 0 aliphatic rings. The molecule has 30 heavy (non-hydrogen) atoms. The molecule has 0 heterocycles. The van der Waals surface area contributed by atoms with E-state index in [2.05, 4.69) is 5.32 Å². The molecule has 8 nitrogen and oxygen atoms in total. The minimum absolute atomic E-state index is 0.150. The highest BCUT2D eigenvalue weighted by atomic mass is 127. The summed E-state index contributed by atoms with van der Waals surface area (Å²) in [5, 5.41) is 23.4. The minimum Gasteiger partial charge on any atom is -0.447 e. The molecule has 0 spiro atoms. The molecule has 154 valence electrons. The average molecular weight is 544 g/mol. The van der Waals surface area contributed by atoms with Gasteiger partial charge >= 0.3 is 5.69 Å². The fraction of sp³-hybridized carbons (Fsp3) is 0. The van der Waals surface area contributed by atoms with E-state index in [9.17, 15) is 14.9 Å². The molecule has 3 N–H and O–H groups in total. The Bertz CT molecular complexity index is 1130. The highest BCUT2D eigenvalue weighted by molar-refractivity contribution is 14.1.